The van der Waals surface area contributed by atoms with E-state index in [9.17, 15) is 9.59 Å². The Morgan fingerprint density at radius 1 is 1.30 bits per heavy atom. The van der Waals surface area contributed by atoms with Crippen LogP contribution in [0, 0.1) is 5.92 Å². The van der Waals surface area contributed by atoms with Gasteiger partial charge in [-0.2, -0.15) is 0 Å². The first-order chi connectivity index (χ1) is 13.0. The molecule has 0 radical (unpaired) electrons. The Morgan fingerprint density at radius 2 is 2.04 bits per heavy atom. The van der Waals surface area contributed by atoms with E-state index in [0.29, 0.717) is 17.3 Å². The van der Waals surface area contributed by atoms with Crippen molar-refractivity contribution < 1.29 is 19.1 Å². The van der Waals surface area contributed by atoms with Crippen LogP contribution in [-0.2, 0) is 28.9 Å². The number of hydrogen-bond acceptors (Lipinski definition) is 5. The lowest BCUT2D eigenvalue weighted by atomic mass is 9.90. The minimum absolute atomic E-state index is 0.311. The van der Waals surface area contributed by atoms with Crippen LogP contribution >= 0.6 is 11.3 Å². The van der Waals surface area contributed by atoms with Crippen LogP contribution in [0.15, 0.2) is 30.3 Å². The number of esters is 1. The summed E-state index contributed by atoms with van der Waals surface area (Å²) >= 11 is 1.49. The van der Waals surface area contributed by atoms with Gasteiger partial charge in [0.05, 0.1) is 7.11 Å². The molecule has 1 aliphatic carbocycles. The molecule has 6 heteroatoms. The van der Waals surface area contributed by atoms with Crippen LogP contribution in [0.25, 0.3) is 0 Å². The largest absolute Gasteiger partial charge is 0.497 e. The van der Waals surface area contributed by atoms with E-state index in [1.807, 2.05) is 30.3 Å². The van der Waals surface area contributed by atoms with Gasteiger partial charge in [0.25, 0.3) is 5.91 Å². The van der Waals surface area contributed by atoms with Crippen LogP contribution in [-0.4, -0.2) is 25.1 Å². The first-order valence-electron chi connectivity index (χ1n) is 9.19. The molecule has 0 fully saturated rings. The van der Waals surface area contributed by atoms with Crippen LogP contribution in [0.3, 0.4) is 0 Å². The van der Waals surface area contributed by atoms with Crippen molar-refractivity contribution in [2.45, 2.75) is 45.8 Å². The van der Waals surface area contributed by atoms with Crippen molar-refractivity contribution in [3.05, 3.63) is 51.2 Å². The lowest BCUT2D eigenvalue weighted by molar-refractivity contribution is -0.129. The fraction of sp³-hybridized carbons (Fsp3) is 0.429. The number of carbonyl (C=O) groups is 2. The average Bonchev–Trinajstić information content (AvgIpc) is 3.09. The normalized spacial score (nSPS) is 16.9. The smallest absolute Gasteiger partial charge is 0.349 e. The van der Waals surface area contributed by atoms with E-state index in [1.54, 1.807) is 14.0 Å². The van der Waals surface area contributed by atoms with E-state index in [1.165, 1.54) is 21.8 Å². The maximum atomic E-state index is 12.4. The lowest BCUT2D eigenvalue weighted by Crippen LogP contribution is -2.35. The van der Waals surface area contributed by atoms with E-state index < -0.39 is 12.1 Å². The summed E-state index contributed by atoms with van der Waals surface area (Å²) in [4.78, 5) is 26.5. The third-order valence-electron chi connectivity index (χ3n) is 4.81. The Bertz CT molecular complexity index is 812. The molecule has 0 spiro atoms. The van der Waals surface area contributed by atoms with Crippen molar-refractivity contribution >= 4 is 23.2 Å². The standard InChI is InChI=1S/C21H25NO4S/c1-13-4-9-18-16(10-13)11-19(27-18)21(24)26-14(2)20(23)22-12-15-5-7-17(25-3)8-6-15/h5-8,11,13-14H,4,9-10,12H2,1-3H3,(H,22,23)/t13-,14+/m0/s1. The second-order valence-corrected chi connectivity index (χ2v) is 8.16. The van der Waals surface area contributed by atoms with Gasteiger partial charge in [-0.15, -0.1) is 11.3 Å². The van der Waals surface area contributed by atoms with Gasteiger partial charge in [0.15, 0.2) is 6.10 Å². The second kappa shape index (κ2) is 8.57. The molecule has 0 saturated carbocycles. The number of aryl methyl sites for hydroxylation is 1. The molecule has 1 aliphatic rings. The zero-order valence-corrected chi connectivity index (χ0v) is 16.7. The minimum Gasteiger partial charge on any atom is -0.497 e. The maximum absolute atomic E-state index is 12.4. The Balaban J connectivity index is 1.52. The quantitative estimate of drug-likeness (QED) is 0.767. The molecule has 1 amide bonds. The molecule has 3 rings (SSSR count). The average molecular weight is 388 g/mol. The van der Waals surface area contributed by atoms with Crippen molar-refractivity contribution in [3.63, 3.8) is 0 Å². The Hall–Kier alpha value is -2.34. The highest BCUT2D eigenvalue weighted by atomic mass is 32.1. The molecular weight excluding hydrogens is 362 g/mol. The SMILES string of the molecule is COc1ccc(CNC(=O)[C@@H](C)OC(=O)c2cc3c(s2)CC[C@H](C)C3)cc1. The van der Waals surface area contributed by atoms with Gasteiger partial charge in [0, 0.05) is 11.4 Å². The fourth-order valence-electron chi connectivity index (χ4n) is 3.15. The third kappa shape index (κ3) is 4.89. The van der Waals surface area contributed by atoms with Crippen LogP contribution in [0.2, 0.25) is 0 Å². The predicted octanol–water partition coefficient (Wildman–Crippen LogP) is 3.74. The summed E-state index contributed by atoms with van der Waals surface area (Å²) in [6.07, 6.45) is 2.35. The van der Waals surface area contributed by atoms with E-state index in [4.69, 9.17) is 9.47 Å². The van der Waals surface area contributed by atoms with Gasteiger partial charge in [0.1, 0.15) is 10.6 Å². The Morgan fingerprint density at radius 3 is 2.74 bits per heavy atom. The highest BCUT2D eigenvalue weighted by molar-refractivity contribution is 7.14. The lowest BCUT2D eigenvalue weighted by Gasteiger charge is -2.16. The van der Waals surface area contributed by atoms with E-state index >= 15 is 0 Å². The van der Waals surface area contributed by atoms with E-state index in [0.717, 1.165) is 30.6 Å². The molecule has 2 aromatic rings. The minimum atomic E-state index is -0.839. The number of hydrogen-bond donors (Lipinski definition) is 1. The van der Waals surface area contributed by atoms with E-state index in [-0.39, 0.29) is 5.91 Å². The van der Waals surface area contributed by atoms with Crippen molar-refractivity contribution in [1.29, 1.82) is 0 Å². The van der Waals surface area contributed by atoms with Gasteiger partial charge in [-0.05, 0) is 61.4 Å². The zero-order valence-electron chi connectivity index (χ0n) is 15.9. The molecule has 0 saturated heterocycles. The zero-order chi connectivity index (χ0) is 19.4. The van der Waals surface area contributed by atoms with Gasteiger partial charge in [-0.1, -0.05) is 19.1 Å². The van der Waals surface area contributed by atoms with Crippen LogP contribution in [0.4, 0.5) is 0 Å². The predicted molar refractivity (Wildman–Crippen MR) is 105 cm³/mol. The number of amides is 1. The molecular formula is C21H25NO4S. The summed E-state index contributed by atoms with van der Waals surface area (Å²) in [6.45, 7) is 4.20. The molecule has 144 valence electrons. The maximum Gasteiger partial charge on any atom is 0.349 e. The van der Waals surface area contributed by atoms with Crippen molar-refractivity contribution in [3.8, 4) is 5.75 Å². The third-order valence-corrected chi connectivity index (χ3v) is 6.03. The van der Waals surface area contributed by atoms with Crippen molar-refractivity contribution in [2.24, 2.45) is 5.92 Å². The van der Waals surface area contributed by atoms with Gasteiger partial charge in [-0.25, -0.2) is 4.79 Å². The number of thiophene rings is 1. The molecule has 5 nitrogen and oxygen atoms in total. The van der Waals surface area contributed by atoms with Crippen molar-refractivity contribution in [1.82, 2.24) is 5.32 Å². The van der Waals surface area contributed by atoms with Gasteiger partial charge >= 0.3 is 5.97 Å². The molecule has 27 heavy (non-hydrogen) atoms. The Kier molecular flexibility index (Phi) is 6.16. The van der Waals surface area contributed by atoms with Crippen LogP contribution in [0.5, 0.6) is 5.75 Å². The summed E-state index contributed by atoms with van der Waals surface area (Å²) in [6, 6.07) is 9.37. The monoisotopic (exact) mass is 387 g/mol. The molecule has 1 heterocycles. The summed E-state index contributed by atoms with van der Waals surface area (Å²) < 4.78 is 10.5. The fourth-order valence-corrected chi connectivity index (χ4v) is 4.25. The molecule has 1 aromatic carbocycles. The second-order valence-electron chi connectivity index (χ2n) is 7.02. The van der Waals surface area contributed by atoms with Crippen LogP contribution in [0.1, 0.15) is 45.9 Å². The van der Waals surface area contributed by atoms with Crippen LogP contribution < -0.4 is 10.1 Å². The number of fused-ring (bicyclic) bond motifs is 1. The number of methoxy groups -OCH3 is 1. The molecule has 1 aromatic heterocycles. The van der Waals surface area contributed by atoms with Gasteiger partial charge < -0.3 is 14.8 Å². The highest BCUT2D eigenvalue weighted by Crippen LogP contribution is 2.32. The number of rotatable bonds is 6. The topological polar surface area (TPSA) is 64.6 Å². The van der Waals surface area contributed by atoms with Gasteiger partial charge in [-0.3, -0.25) is 4.79 Å². The molecule has 0 aliphatic heterocycles. The number of carbonyl (C=O) groups excluding carboxylic acids is 2. The Labute approximate surface area is 163 Å². The van der Waals surface area contributed by atoms with Crippen molar-refractivity contribution in [2.75, 3.05) is 7.11 Å². The first-order valence-corrected chi connectivity index (χ1v) is 10.0. The van der Waals surface area contributed by atoms with E-state index in [2.05, 4.69) is 12.2 Å². The summed E-state index contributed by atoms with van der Waals surface area (Å²) in [5.74, 6) is 0.683. The molecule has 2 atom stereocenters. The summed E-state index contributed by atoms with van der Waals surface area (Å²) in [5, 5.41) is 2.79. The molecule has 0 bridgehead atoms. The first kappa shape index (κ1) is 19.4. The highest BCUT2D eigenvalue weighted by Gasteiger charge is 2.24. The number of benzene rings is 1. The molecule has 1 N–H and O–H groups in total. The van der Waals surface area contributed by atoms with Gasteiger partial charge in [0.2, 0.25) is 0 Å². The summed E-state index contributed by atoms with van der Waals surface area (Å²) in [5.41, 5.74) is 2.20. The number of nitrogens with one attached hydrogen (secondary N) is 1. The molecule has 0 unspecified atom stereocenters. The number of ether oxygens (including phenoxy) is 2. The summed E-state index contributed by atoms with van der Waals surface area (Å²) in [7, 11) is 1.61.